The summed E-state index contributed by atoms with van der Waals surface area (Å²) in [6.07, 6.45) is 2.99. The minimum Gasteiger partial charge on any atom is -0.456 e. The third-order valence-electron chi connectivity index (χ3n) is 4.76. The first-order valence-electron chi connectivity index (χ1n) is 9.08. The van der Waals surface area contributed by atoms with Crippen LogP contribution in [0.25, 0.3) is 5.65 Å². The van der Waals surface area contributed by atoms with E-state index in [4.69, 9.17) is 4.74 Å². The Morgan fingerprint density at radius 3 is 2.82 bits per heavy atom. The number of nitrogens with zero attached hydrogens (tertiary/aromatic N) is 3. The first kappa shape index (κ1) is 17.9. The standard InChI is InChI=1S/C21H19N3O4/c1-14-5-3-10-24-19(26)12-16(22-20(14)24)13-28-21(27)15-6-2-7-17(11-15)23-9-4-8-18(23)25/h2-3,5-7,10-12H,4,8-9,13H2,1H3. The van der Waals surface area contributed by atoms with Crippen LogP contribution in [0.1, 0.15) is 34.5 Å². The summed E-state index contributed by atoms with van der Waals surface area (Å²) in [5.74, 6) is -0.470. The molecule has 1 aliphatic rings. The van der Waals surface area contributed by atoms with E-state index in [2.05, 4.69) is 4.98 Å². The van der Waals surface area contributed by atoms with Crippen LogP contribution in [0, 0.1) is 6.92 Å². The zero-order valence-corrected chi connectivity index (χ0v) is 15.4. The van der Waals surface area contributed by atoms with Gasteiger partial charge in [0.2, 0.25) is 5.91 Å². The minimum atomic E-state index is -0.528. The molecule has 7 nitrogen and oxygen atoms in total. The third-order valence-corrected chi connectivity index (χ3v) is 4.76. The molecular weight excluding hydrogens is 358 g/mol. The van der Waals surface area contributed by atoms with Crippen molar-refractivity contribution in [3.05, 3.63) is 75.8 Å². The lowest BCUT2D eigenvalue weighted by molar-refractivity contribution is -0.117. The number of anilines is 1. The average molecular weight is 377 g/mol. The van der Waals surface area contributed by atoms with E-state index in [9.17, 15) is 14.4 Å². The fourth-order valence-electron chi connectivity index (χ4n) is 3.33. The van der Waals surface area contributed by atoms with Crippen LogP contribution in [0.5, 0.6) is 0 Å². The normalized spacial score (nSPS) is 13.9. The fourth-order valence-corrected chi connectivity index (χ4v) is 3.33. The molecule has 0 unspecified atom stereocenters. The molecule has 0 bridgehead atoms. The molecule has 2 aromatic heterocycles. The number of benzene rings is 1. The summed E-state index contributed by atoms with van der Waals surface area (Å²) in [5, 5.41) is 0. The highest BCUT2D eigenvalue weighted by molar-refractivity contribution is 5.97. The van der Waals surface area contributed by atoms with Gasteiger partial charge >= 0.3 is 5.97 Å². The van der Waals surface area contributed by atoms with Crippen molar-refractivity contribution in [3.8, 4) is 0 Å². The van der Waals surface area contributed by atoms with Crippen LogP contribution in [0.15, 0.2) is 53.5 Å². The second-order valence-corrected chi connectivity index (χ2v) is 6.75. The lowest BCUT2D eigenvalue weighted by atomic mass is 10.2. The van der Waals surface area contributed by atoms with E-state index < -0.39 is 5.97 Å². The molecule has 0 aliphatic carbocycles. The number of aromatic nitrogens is 2. The lowest BCUT2D eigenvalue weighted by Gasteiger charge is -2.16. The SMILES string of the molecule is Cc1cccn2c(=O)cc(COC(=O)c3cccc(N4CCCC4=O)c3)nc12. The van der Waals surface area contributed by atoms with Gasteiger partial charge in [-0.15, -0.1) is 0 Å². The molecule has 4 rings (SSSR count). The summed E-state index contributed by atoms with van der Waals surface area (Å²) < 4.78 is 6.80. The van der Waals surface area contributed by atoms with Crippen LogP contribution in [0.2, 0.25) is 0 Å². The van der Waals surface area contributed by atoms with Crippen LogP contribution in [0.4, 0.5) is 5.69 Å². The molecule has 1 fully saturated rings. The van der Waals surface area contributed by atoms with Crippen LogP contribution in [0.3, 0.4) is 0 Å². The highest BCUT2D eigenvalue weighted by atomic mass is 16.5. The first-order chi connectivity index (χ1) is 13.5. The summed E-state index contributed by atoms with van der Waals surface area (Å²) in [7, 11) is 0. The maximum atomic E-state index is 12.4. The van der Waals surface area contributed by atoms with Crippen LogP contribution < -0.4 is 10.5 Å². The van der Waals surface area contributed by atoms with Crippen LogP contribution in [-0.4, -0.2) is 27.8 Å². The van der Waals surface area contributed by atoms with Gasteiger partial charge < -0.3 is 9.64 Å². The predicted octanol–water partition coefficient (Wildman–Crippen LogP) is 2.49. The predicted molar refractivity (Wildman–Crippen MR) is 103 cm³/mol. The highest BCUT2D eigenvalue weighted by Crippen LogP contribution is 2.22. The van der Waals surface area contributed by atoms with Crippen molar-refractivity contribution in [2.24, 2.45) is 0 Å². The maximum Gasteiger partial charge on any atom is 0.338 e. The second-order valence-electron chi connectivity index (χ2n) is 6.75. The van der Waals surface area contributed by atoms with Crippen molar-refractivity contribution in [2.45, 2.75) is 26.4 Å². The van der Waals surface area contributed by atoms with Gasteiger partial charge in [0.05, 0.1) is 11.3 Å². The summed E-state index contributed by atoms with van der Waals surface area (Å²) in [4.78, 5) is 42.7. The number of rotatable bonds is 4. The van der Waals surface area contributed by atoms with Crippen molar-refractivity contribution in [1.29, 1.82) is 0 Å². The van der Waals surface area contributed by atoms with Crippen molar-refractivity contribution in [1.82, 2.24) is 9.38 Å². The zero-order valence-electron chi connectivity index (χ0n) is 15.4. The van der Waals surface area contributed by atoms with E-state index in [-0.39, 0.29) is 18.1 Å². The molecule has 7 heteroatoms. The van der Waals surface area contributed by atoms with E-state index in [1.54, 1.807) is 41.4 Å². The van der Waals surface area contributed by atoms with Gasteiger partial charge in [-0.3, -0.25) is 14.0 Å². The number of carbonyl (C=O) groups is 2. The third kappa shape index (κ3) is 3.38. The van der Waals surface area contributed by atoms with Crippen molar-refractivity contribution in [2.75, 3.05) is 11.4 Å². The van der Waals surface area contributed by atoms with Crippen molar-refractivity contribution in [3.63, 3.8) is 0 Å². The second kappa shape index (κ2) is 7.26. The molecule has 1 amide bonds. The smallest absolute Gasteiger partial charge is 0.338 e. The van der Waals surface area contributed by atoms with E-state index in [1.165, 1.54) is 10.5 Å². The molecule has 0 spiro atoms. The molecular formula is C21H19N3O4. The maximum absolute atomic E-state index is 12.4. The molecule has 142 valence electrons. The summed E-state index contributed by atoms with van der Waals surface area (Å²) in [6, 6.07) is 11.8. The van der Waals surface area contributed by atoms with Gasteiger partial charge in [-0.25, -0.2) is 9.78 Å². The Kier molecular flexibility index (Phi) is 4.65. The Balaban J connectivity index is 1.52. The summed E-state index contributed by atoms with van der Waals surface area (Å²) >= 11 is 0. The van der Waals surface area contributed by atoms with E-state index in [0.717, 1.165) is 12.0 Å². The highest BCUT2D eigenvalue weighted by Gasteiger charge is 2.22. The number of hydrogen-bond acceptors (Lipinski definition) is 5. The largest absolute Gasteiger partial charge is 0.456 e. The molecule has 3 heterocycles. The number of hydrogen-bond donors (Lipinski definition) is 0. The fraction of sp³-hybridized carbons (Fsp3) is 0.238. The number of pyridine rings is 1. The Labute approximate surface area is 161 Å². The number of aryl methyl sites for hydroxylation is 1. The molecule has 1 aliphatic heterocycles. The molecule has 3 aromatic rings. The monoisotopic (exact) mass is 377 g/mol. The van der Waals surface area contributed by atoms with Crippen LogP contribution in [-0.2, 0) is 16.1 Å². The number of esters is 1. The molecule has 0 N–H and O–H groups in total. The van der Waals surface area contributed by atoms with E-state index >= 15 is 0 Å². The van der Waals surface area contributed by atoms with Gasteiger partial charge in [0.1, 0.15) is 12.3 Å². The van der Waals surface area contributed by atoms with Gasteiger partial charge in [0.15, 0.2) is 0 Å². The van der Waals surface area contributed by atoms with E-state index in [0.29, 0.717) is 35.6 Å². The molecule has 0 saturated carbocycles. The zero-order chi connectivity index (χ0) is 19.7. The van der Waals surface area contributed by atoms with Gasteiger partial charge in [-0.1, -0.05) is 12.1 Å². The first-order valence-corrected chi connectivity index (χ1v) is 9.08. The molecule has 0 radical (unpaired) electrons. The quantitative estimate of drug-likeness (QED) is 0.653. The lowest BCUT2D eigenvalue weighted by Crippen LogP contribution is -2.24. The average Bonchev–Trinajstić information content (AvgIpc) is 3.13. The Morgan fingerprint density at radius 1 is 1.18 bits per heavy atom. The Hall–Kier alpha value is -3.48. The topological polar surface area (TPSA) is 81.0 Å². The van der Waals surface area contributed by atoms with Gasteiger partial charge in [0, 0.05) is 30.9 Å². The van der Waals surface area contributed by atoms with Gasteiger partial charge in [-0.2, -0.15) is 0 Å². The number of carbonyl (C=O) groups excluding carboxylic acids is 2. The van der Waals surface area contributed by atoms with E-state index in [1.807, 2.05) is 13.0 Å². The van der Waals surface area contributed by atoms with Gasteiger partial charge in [-0.05, 0) is 43.2 Å². The van der Waals surface area contributed by atoms with Crippen molar-refractivity contribution >= 4 is 23.2 Å². The Morgan fingerprint density at radius 2 is 2.04 bits per heavy atom. The van der Waals surface area contributed by atoms with Crippen LogP contribution >= 0.6 is 0 Å². The van der Waals surface area contributed by atoms with Crippen molar-refractivity contribution < 1.29 is 14.3 Å². The number of ether oxygens (including phenoxy) is 1. The molecule has 28 heavy (non-hydrogen) atoms. The Bertz CT molecular complexity index is 1140. The molecule has 1 saturated heterocycles. The van der Waals surface area contributed by atoms with Gasteiger partial charge in [0.25, 0.3) is 5.56 Å². The minimum absolute atomic E-state index is 0.0572. The molecule has 0 atom stereocenters. The number of fused-ring (bicyclic) bond motifs is 1. The molecule has 1 aromatic carbocycles. The number of amides is 1. The summed E-state index contributed by atoms with van der Waals surface area (Å²) in [6.45, 7) is 2.41. The summed E-state index contributed by atoms with van der Waals surface area (Å²) in [5.41, 5.74) is 2.60.